The summed E-state index contributed by atoms with van der Waals surface area (Å²) >= 11 is 3.45. The van der Waals surface area contributed by atoms with Gasteiger partial charge in [-0.25, -0.2) is 4.52 Å². The number of ether oxygens (including phenoxy) is 2. The van der Waals surface area contributed by atoms with E-state index < -0.39 is 0 Å². The molecule has 0 bridgehead atoms. The molecule has 1 aliphatic rings. The summed E-state index contributed by atoms with van der Waals surface area (Å²) in [7, 11) is 1.74. The number of rotatable bonds is 5. The van der Waals surface area contributed by atoms with Crippen LogP contribution in [0.2, 0.25) is 0 Å². The number of likely N-dealkylation sites (tertiary alicyclic amines) is 1. The highest BCUT2D eigenvalue weighted by atomic mass is 79.9. The highest BCUT2D eigenvalue weighted by Gasteiger charge is 2.26. The minimum Gasteiger partial charge on any atom is -0.436 e. The van der Waals surface area contributed by atoms with Gasteiger partial charge in [-0.15, -0.1) is 5.10 Å². The minimum absolute atomic E-state index is 0.345. The first kappa shape index (κ1) is 15.5. The van der Waals surface area contributed by atoms with Gasteiger partial charge in [0.05, 0.1) is 34.2 Å². The monoisotopic (exact) mass is 389 g/mol. The van der Waals surface area contributed by atoms with Crippen LogP contribution in [0.3, 0.4) is 0 Å². The van der Waals surface area contributed by atoms with Gasteiger partial charge in [0.1, 0.15) is 5.75 Å². The smallest absolute Gasteiger partial charge is 0.238 e. The lowest BCUT2D eigenvalue weighted by atomic mass is 10.1. The molecule has 0 N–H and O–H groups in total. The molecule has 1 saturated heterocycles. The fourth-order valence-electron chi connectivity index (χ4n) is 2.63. The van der Waals surface area contributed by atoms with Crippen molar-refractivity contribution in [3.63, 3.8) is 0 Å². The van der Waals surface area contributed by atoms with Crippen molar-refractivity contribution in [2.75, 3.05) is 20.2 Å². The number of methoxy groups -OCH3 is 1. The van der Waals surface area contributed by atoms with Crippen LogP contribution < -0.4 is 4.74 Å². The summed E-state index contributed by atoms with van der Waals surface area (Å²) in [6, 6.07) is 7.58. The Morgan fingerprint density at radius 1 is 1.21 bits per heavy atom. The standard InChI is InChI=1S/C16H16BrN5O2/c1-23-13-8-21(9-13)7-11-2-5-16(20-19-11)24-12-3-4-15-14(17)6-18-22(15)10-12/h2-6,10,13H,7-9H2,1H3. The van der Waals surface area contributed by atoms with Gasteiger partial charge in [-0.1, -0.05) is 0 Å². The van der Waals surface area contributed by atoms with Crippen LogP contribution in [0, 0.1) is 0 Å². The van der Waals surface area contributed by atoms with E-state index in [1.54, 1.807) is 24.0 Å². The van der Waals surface area contributed by atoms with E-state index in [1.165, 1.54) is 0 Å². The number of hydrogen-bond donors (Lipinski definition) is 0. The molecular formula is C16H16BrN5O2. The third-order valence-electron chi connectivity index (χ3n) is 4.00. The summed E-state index contributed by atoms with van der Waals surface area (Å²) in [5, 5.41) is 12.6. The van der Waals surface area contributed by atoms with E-state index in [2.05, 4.69) is 36.1 Å². The number of hydrogen-bond acceptors (Lipinski definition) is 6. The van der Waals surface area contributed by atoms with Crippen molar-refractivity contribution in [2.45, 2.75) is 12.6 Å². The number of aromatic nitrogens is 4. The van der Waals surface area contributed by atoms with E-state index in [-0.39, 0.29) is 0 Å². The Morgan fingerprint density at radius 2 is 2.08 bits per heavy atom. The second-order valence-electron chi connectivity index (χ2n) is 5.70. The lowest BCUT2D eigenvalue weighted by Gasteiger charge is -2.37. The fourth-order valence-corrected chi connectivity index (χ4v) is 3.04. The first-order chi connectivity index (χ1) is 11.7. The zero-order chi connectivity index (χ0) is 16.5. The van der Waals surface area contributed by atoms with Crippen LogP contribution >= 0.6 is 15.9 Å². The lowest BCUT2D eigenvalue weighted by Crippen LogP contribution is -2.51. The number of fused-ring (bicyclic) bond motifs is 1. The molecule has 4 heterocycles. The lowest BCUT2D eigenvalue weighted by molar-refractivity contribution is -0.0340. The predicted molar refractivity (Wildman–Crippen MR) is 91.1 cm³/mol. The first-order valence-corrected chi connectivity index (χ1v) is 8.39. The maximum Gasteiger partial charge on any atom is 0.238 e. The van der Waals surface area contributed by atoms with Crippen molar-refractivity contribution in [3.05, 3.63) is 46.8 Å². The van der Waals surface area contributed by atoms with E-state index in [0.29, 0.717) is 17.7 Å². The molecule has 0 radical (unpaired) electrons. The average molecular weight is 390 g/mol. The molecule has 4 rings (SSSR count). The van der Waals surface area contributed by atoms with Gasteiger partial charge in [-0.05, 0) is 34.1 Å². The van der Waals surface area contributed by atoms with Crippen molar-refractivity contribution in [1.82, 2.24) is 24.7 Å². The van der Waals surface area contributed by atoms with E-state index >= 15 is 0 Å². The van der Waals surface area contributed by atoms with Crippen LogP contribution in [0.15, 0.2) is 41.1 Å². The van der Waals surface area contributed by atoms with Crippen LogP contribution in [0.25, 0.3) is 5.52 Å². The number of pyridine rings is 1. The van der Waals surface area contributed by atoms with Crippen LogP contribution in [-0.2, 0) is 11.3 Å². The number of nitrogens with zero attached hydrogens (tertiary/aromatic N) is 5. The van der Waals surface area contributed by atoms with Crippen LogP contribution in [0.1, 0.15) is 5.69 Å². The maximum atomic E-state index is 5.75. The molecule has 8 heteroatoms. The summed E-state index contributed by atoms with van der Waals surface area (Å²) in [5.41, 5.74) is 1.90. The Bertz CT molecular complexity index is 845. The molecule has 3 aromatic heterocycles. The predicted octanol–water partition coefficient (Wildman–Crippen LogP) is 2.51. The van der Waals surface area contributed by atoms with Crippen molar-refractivity contribution >= 4 is 21.4 Å². The van der Waals surface area contributed by atoms with Crippen LogP contribution in [-0.4, -0.2) is 51.0 Å². The van der Waals surface area contributed by atoms with E-state index in [0.717, 1.165) is 35.3 Å². The Balaban J connectivity index is 1.41. The van der Waals surface area contributed by atoms with Crippen molar-refractivity contribution < 1.29 is 9.47 Å². The van der Waals surface area contributed by atoms with Gasteiger partial charge in [0.25, 0.3) is 0 Å². The van der Waals surface area contributed by atoms with E-state index in [9.17, 15) is 0 Å². The second kappa shape index (κ2) is 6.46. The summed E-state index contributed by atoms with van der Waals surface area (Å²) in [6.07, 6.45) is 3.90. The minimum atomic E-state index is 0.345. The molecule has 0 amide bonds. The maximum absolute atomic E-state index is 5.75. The van der Waals surface area contributed by atoms with Gasteiger partial charge >= 0.3 is 0 Å². The SMILES string of the molecule is COC1CN(Cc2ccc(Oc3ccc4c(Br)cnn4c3)nn2)C1. The van der Waals surface area contributed by atoms with Gasteiger partial charge in [-0.2, -0.15) is 10.2 Å². The highest BCUT2D eigenvalue weighted by molar-refractivity contribution is 9.10. The van der Waals surface area contributed by atoms with Gasteiger partial charge in [-0.3, -0.25) is 4.90 Å². The van der Waals surface area contributed by atoms with Gasteiger partial charge in [0.2, 0.25) is 5.88 Å². The molecule has 124 valence electrons. The molecule has 3 aromatic rings. The summed E-state index contributed by atoms with van der Waals surface area (Å²) in [5.74, 6) is 1.12. The van der Waals surface area contributed by atoms with Crippen molar-refractivity contribution in [2.24, 2.45) is 0 Å². The van der Waals surface area contributed by atoms with Crippen LogP contribution in [0.5, 0.6) is 11.6 Å². The molecule has 0 saturated carbocycles. The normalized spacial score (nSPS) is 15.6. The summed E-state index contributed by atoms with van der Waals surface area (Å²) in [6.45, 7) is 2.66. The molecule has 0 spiro atoms. The topological polar surface area (TPSA) is 64.8 Å². The largest absolute Gasteiger partial charge is 0.436 e. The first-order valence-electron chi connectivity index (χ1n) is 7.60. The zero-order valence-electron chi connectivity index (χ0n) is 13.1. The molecule has 1 aliphatic heterocycles. The molecule has 1 fully saturated rings. The Labute approximate surface area is 147 Å². The molecule has 0 atom stereocenters. The Morgan fingerprint density at radius 3 is 2.83 bits per heavy atom. The van der Waals surface area contributed by atoms with Crippen LogP contribution in [0.4, 0.5) is 0 Å². The summed E-state index contributed by atoms with van der Waals surface area (Å²) in [4.78, 5) is 2.27. The quantitative estimate of drug-likeness (QED) is 0.667. The van der Waals surface area contributed by atoms with E-state index in [1.807, 2.05) is 24.3 Å². The third kappa shape index (κ3) is 3.12. The van der Waals surface area contributed by atoms with Gasteiger partial charge in [0, 0.05) is 32.8 Å². The fraction of sp³-hybridized carbons (Fsp3) is 0.312. The van der Waals surface area contributed by atoms with Crippen molar-refractivity contribution in [1.29, 1.82) is 0 Å². The zero-order valence-corrected chi connectivity index (χ0v) is 14.7. The third-order valence-corrected chi connectivity index (χ3v) is 4.61. The highest BCUT2D eigenvalue weighted by Crippen LogP contribution is 2.23. The molecule has 0 aromatic carbocycles. The van der Waals surface area contributed by atoms with Gasteiger partial charge in [0.15, 0.2) is 0 Å². The van der Waals surface area contributed by atoms with Crippen molar-refractivity contribution in [3.8, 4) is 11.6 Å². The van der Waals surface area contributed by atoms with Gasteiger partial charge < -0.3 is 9.47 Å². The molecule has 24 heavy (non-hydrogen) atoms. The molecule has 0 aliphatic carbocycles. The second-order valence-corrected chi connectivity index (χ2v) is 6.56. The number of halogens is 1. The Hall–Kier alpha value is -2.03. The molecule has 0 unspecified atom stereocenters. The molecular weight excluding hydrogens is 374 g/mol. The summed E-state index contributed by atoms with van der Waals surface area (Å²) < 4.78 is 13.7. The average Bonchev–Trinajstić information content (AvgIpc) is 2.93. The van der Waals surface area contributed by atoms with E-state index in [4.69, 9.17) is 9.47 Å². The molecule has 7 nitrogen and oxygen atoms in total. The Kier molecular flexibility index (Phi) is 4.17.